The van der Waals surface area contributed by atoms with Crippen LogP contribution >= 0.6 is 11.6 Å². The third kappa shape index (κ3) is 3.83. The number of carbonyl (C=O) groups is 1. The number of carbonyl (C=O) groups excluding carboxylic acids is 1. The van der Waals surface area contributed by atoms with Crippen molar-refractivity contribution in [2.45, 2.75) is 51.9 Å². The first kappa shape index (κ1) is 16.2. The van der Waals surface area contributed by atoms with Crippen LogP contribution in [0, 0.1) is 5.92 Å². The van der Waals surface area contributed by atoms with Crippen LogP contribution < -0.4 is 0 Å². The van der Waals surface area contributed by atoms with Gasteiger partial charge in [0.1, 0.15) is 5.15 Å². The molecule has 0 spiro atoms. The maximum absolute atomic E-state index is 11.8. The zero-order chi connectivity index (χ0) is 16.2. The molecular formula is C17H22ClN3O2. The highest BCUT2D eigenvalue weighted by Gasteiger charge is 2.16. The van der Waals surface area contributed by atoms with Gasteiger partial charge in [0.25, 0.3) is 0 Å². The Bertz CT molecular complexity index is 692. The van der Waals surface area contributed by atoms with Gasteiger partial charge >= 0.3 is 5.97 Å². The summed E-state index contributed by atoms with van der Waals surface area (Å²) in [6.07, 6.45) is 8.80. The molecule has 124 valence electrons. The molecule has 0 N–H and O–H groups in total. The van der Waals surface area contributed by atoms with Crippen LogP contribution in [0.15, 0.2) is 12.1 Å². The number of halogens is 1. The first-order valence-corrected chi connectivity index (χ1v) is 8.77. The van der Waals surface area contributed by atoms with Crippen LogP contribution in [-0.2, 0) is 11.2 Å². The highest BCUT2D eigenvalue weighted by molar-refractivity contribution is 6.29. The summed E-state index contributed by atoms with van der Waals surface area (Å²) in [6, 6.07) is 3.48. The van der Waals surface area contributed by atoms with Crippen molar-refractivity contribution >= 4 is 23.2 Å². The predicted octanol–water partition coefficient (Wildman–Crippen LogP) is 4.07. The van der Waals surface area contributed by atoms with Gasteiger partial charge in [0.2, 0.25) is 0 Å². The Morgan fingerprint density at radius 2 is 2.13 bits per heavy atom. The number of esters is 1. The van der Waals surface area contributed by atoms with Crippen molar-refractivity contribution in [2.75, 3.05) is 6.61 Å². The average Bonchev–Trinajstić information content (AvgIpc) is 2.99. The summed E-state index contributed by atoms with van der Waals surface area (Å²) in [7, 11) is 0. The van der Waals surface area contributed by atoms with Crippen molar-refractivity contribution in [3.8, 4) is 0 Å². The number of fused-ring (bicyclic) bond motifs is 1. The molecule has 0 saturated heterocycles. The number of rotatable bonds is 5. The van der Waals surface area contributed by atoms with Gasteiger partial charge in [-0.05, 0) is 31.7 Å². The van der Waals surface area contributed by atoms with Crippen LogP contribution in [-0.4, -0.2) is 27.2 Å². The van der Waals surface area contributed by atoms with E-state index in [1.165, 1.54) is 36.6 Å². The van der Waals surface area contributed by atoms with E-state index in [1.54, 1.807) is 13.0 Å². The second-order valence-corrected chi connectivity index (χ2v) is 6.52. The lowest BCUT2D eigenvalue weighted by molar-refractivity contribution is 0.0519. The van der Waals surface area contributed by atoms with Gasteiger partial charge in [0.05, 0.1) is 6.61 Å². The second-order valence-electron chi connectivity index (χ2n) is 6.13. The van der Waals surface area contributed by atoms with Crippen LogP contribution in [0.2, 0.25) is 5.15 Å². The SMILES string of the molecule is CCOC(=O)c1cc2nc(CCC3CCCCC3)cc(Cl)n2n1. The summed E-state index contributed by atoms with van der Waals surface area (Å²) >= 11 is 6.29. The van der Waals surface area contributed by atoms with Gasteiger partial charge in [-0.25, -0.2) is 14.3 Å². The van der Waals surface area contributed by atoms with E-state index in [-0.39, 0.29) is 5.69 Å². The summed E-state index contributed by atoms with van der Waals surface area (Å²) in [5.41, 5.74) is 1.80. The van der Waals surface area contributed by atoms with Crippen molar-refractivity contribution in [3.63, 3.8) is 0 Å². The van der Waals surface area contributed by atoms with Crippen molar-refractivity contribution in [1.29, 1.82) is 0 Å². The van der Waals surface area contributed by atoms with Gasteiger partial charge in [0, 0.05) is 11.8 Å². The molecule has 3 rings (SSSR count). The fourth-order valence-corrected chi connectivity index (χ4v) is 3.50. The molecule has 0 radical (unpaired) electrons. The average molecular weight is 336 g/mol. The first-order chi connectivity index (χ1) is 11.2. The Labute approximate surface area is 141 Å². The molecule has 23 heavy (non-hydrogen) atoms. The molecule has 0 amide bonds. The fourth-order valence-electron chi connectivity index (χ4n) is 3.25. The van der Waals surface area contributed by atoms with Gasteiger partial charge < -0.3 is 4.74 Å². The largest absolute Gasteiger partial charge is 0.461 e. The lowest BCUT2D eigenvalue weighted by atomic mass is 9.86. The number of aromatic nitrogens is 3. The summed E-state index contributed by atoms with van der Waals surface area (Å²) in [5, 5.41) is 4.65. The lowest BCUT2D eigenvalue weighted by Gasteiger charge is -2.21. The van der Waals surface area contributed by atoms with Crippen LogP contribution in [0.3, 0.4) is 0 Å². The highest BCUT2D eigenvalue weighted by Crippen LogP contribution is 2.27. The van der Waals surface area contributed by atoms with E-state index in [1.807, 2.05) is 6.07 Å². The quantitative estimate of drug-likeness (QED) is 0.610. The maximum Gasteiger partial charge on any atom is 0.358 e. The van der Waals surface area contributed by atoms with E-state index in [9.17, 15) is 4.79 Å². The van der Waals surface area contributed by atoms with Crippen molar-refractivity contribution in [2.24, 2.45) is 5.92 Å². The van der Waals surface area contributed by atoms with E-state index in [4.69, 9.17) is 16.3 Å². The Morgan fingerprint density at radius 1 is 1.35 bits per heavy atom. The monoisotopic (exact) mass is 335 g/mol. The van der Waals surface area contributed by atoms with Crippen molar-refractivity contribution in [3.05, 3.63) is 28.7 Å². The molecule has 1 aliphatic rings. The van der Waals surface area contributed by atoms with Crippen LogP contribution in [0.5, 0.6) is 0 Å². The van der Waals surface area contributed by atoms with Gasteiger partial charge in [-0.3, -0.25) is 0 Å². The van der Waals surface area contributed by atoms with Gasteiger partial charge in [-0.1, -0.05) is 43.7 Å². The number of aryl methyl sites for hydroxylation is 1. The Hall–Kier alpha value is -1.62. The van der Waals surface area contributed by atoms with Gasteiger partial charge in [-0.2, -0.15) is 5.10 Å². The molecule has 2 aromatic heterocycles. The number of ether oxygens (including phenoxy) is 1. The molecule has 2 heterocycles. The second kappa shape index (κ2) is 7.30. The van der Waals surface area contributed by atoms with Crippen molar-refractivity contribution in [1.82, 2.24) is 14.6 Å². The topological polar surface area (TPSA) is 56.5 Å². The third-order valence-electron chi connectivity index (χ3n) is 4.45. The van der Waals surface area contributed by atoms with Crippen LogP contribution in [0.4, 0.5) is 0 Å². The maximum atomic E-state index is 11.8. The summed E-state index contributed by atoms with van der Waals surface area (Å²) in [6.45, 7) is 2.09. The Kier molecular flexibility index (Phi) is 5.16. The molecule has 0 bridgehead atoms. The minimum Gasteiger partial charge on any atom is -0.461 e. The van der Waals surface area contributed by atoms with Gasteiger partial charge in [-0.15, -0.1) is 0 Å². The Balaban J connectivity index is 1.75. The van der Waals surface area contributed by atoms with E-state index < -0.39 is 5.97 Å². The van der Waals surface area contributed by atoms with Crippen LogP contribution in [0.1, 0.15) is 61.6 Å². The first-order valence-electron chi connectivity index (χ1n) is 8.39. The Morgan fingerprint density at radius 3 is 2.87 bits per heavy atom. The third-order valence-corrected chi connectivity index (χ3v) is 4.72. The molecular weight excluding hydrogens is 314 g/mol. The van der Waals surface area contributed by atoms with Crippen molar-refractivity contribution < 1.29 is 9.53 Å². The summed E-state index contributed by atoms with van der Waals surface area (Å²) in [4.78, 5) is 16.4. The zero-order valence-corrected chi connectivity index (χ0v) is 14.2. The zero-order valence-electron chi connectivity index (χ0n) is 13.4. The number of nitrogens with zero attached hydrogens (tertiary/aromatic N) is 3. The van der Waals surface area contributed by atoms with E-state index in [0.717, 1.165) is 24.5 Å². The fraction of sp³-hybridized carbons (Fsp3) is 0.588. The molecule has 1 fully saturated rings. The standard InChI is InChI=1S/C17H22ClN3O2/c1-2-23-17(22)14-11-16-19-13(10-15(18)21(16)20-14)9-8-12-6-4-3-5-7-12/h10-12H,2-9H2,1H3. The lowest BCUT2D eigenvalue weighted by Crippen LogP contribution is -2.08. The number of hydrogen-bond acceptors (Lipinski definition) is 4. The molecule has 5 nitrogen and oxygen atoms in total. The molecule has 0 aliphatic heterocycles. The normalized spacial score (nSPS) is 15.9. The predicted molar refractivity (Wildman–Crippen MR) is 88.8 cm³/mol. The molecule has 1 aliphatic carbocycles. The molecule has 6 heteroatoms. The summed E-state index contributed by atoms with van der Waals surface area (Å²) in [5.74, 6) is 0.360. The molecule has 0 atom stereocenters. The van der Waals surface area contributed by atoms with E-state index in [2.05, 4.69) is 10.1 Å². The van der Waals surface area contributed by atoms with E-state index >= 15 is 0 Å². The smallest absolute Gasteiger partial charge is 0.358 e. The minimum absolute atomic E-state index is 0.241. The molecule has 0 unspecified atom stereocenters. The molecule has 0 aromatic carbocycles. The van der Waals surface area contributed by atoms with Gasteiger partial charge in [0.15, 0.2) is 11.3 Å². The minimum atomic E-state index is -0.446. The molecule has 2 aromatic rings. The van der Waals surface area contributed by atoms with E-state index in [0.29, 0.717) is 17.4 Å². The highest BCUT2D eigenvalue weighted by atomic mass is 35.5. The number of hydrogen-bond donors (Lipinski definition) is 0. The molecule has 1 saturated carbocycles. The summed E-state index contributed by atoms with van der Waals surface area (Å²) < 4.78 is 6.45. The van der Waals surface area contributed by atoms with Crippen LogP contribution in [0.25, 0.3) is 5.65 Å².